The minimum atomic E-state index is 0.454. The minimum Gasteiger partial charge on any atom is -0.294 e. The first-order valence-electron chi connectivity index (χ1n) is 11.6. The summed E-state index contributed by atoms with van der Waals surface area (Å²) in [6.45, 7) is 11.3. The number of nitrogens with zero attached hydrogens (tertiary/aromatic N) is 2. The first kappa shape index (κ1) is 20.5. The van der Waals surface area contributed by atoms with Crippen molar-refractivity contribution in [1.82, 2.24) is 9.55 Å². The van der Waals surface area contributed by atoms with E-state index in [1.807, 2.05) is 6.20 Å². The van der Waals surface area contributed by atoms with Crippen molar-refractivity contribution < 1.29 is 0 Å². The molecule has 5 rings (SSSR count). The smallest absolute Gasteiger partial charge is 0.138 e. The third-order valence-corrected chi connectivity index (χ3v) is 6.53. The first-order valence-corrected chi connectivity index (χ1v) is 11.6. The van der Waals surface area contributed by atoms with E-state index in [1.165, 1.54) is 49.6 Å². The molecule has 0 aliphatic rings. The SMILES string of the molecule is Cc1cccc2c3ccccc3n(-c3cc(-c4c(C(C)C)cccc4C(C)C)ccn3)c12. The van der Waals surface area contributed by atoms with Crippen molar-refractivity contribution in [2.75, 3.05) is 0 Å². The number of para-hydroxylation sites is 2. The second kappa shape index (κ2) is 7.94. The average molecular weight is 419 g/mol. The highest BCUT2D eigenvalue weighted by atomic mass is 15.1. The summed E-state index contributed by atoms with van der Waals surface area (Å²) in [5, 5.41) is 2.54. The normalized spacial score (nSPS) is 11.8. The zero-order valence-electron chi connectivity index (χ0n) is 19.6. The number of benzene rings is 3. The summed E-state index contributed by atoms with van der Waals surface area (Å²) >= 11 is 0. The summed E-state index contributed by atoms with van der Waals surface area (Å²) < 4.78 is 2.33. The van der Waals surface area contributed by atoms with Gasteiger partial charge in [-0.1, -0.05) is 82.3 Å². The highest BCUT2D eigenvalue weighted by molar-refractivity contribution is 6.10. The lowest BCUT2D eigenvalue weighted by atomic mass is 9.85. The van der Waals surface area contributed by atoms with Crippen LogP contribution in [0.1, 0.15) is 56.2 Å². The summed E-state index contributed by atoms with van der Waals surface area (Å²) in [7, 11) is 0. The number of hydrogen-bond acceptors (Lipinski definition) is 1. The van der Waals surface area contributed by atoms with Crippen LogP contribution in [-0.2, 0) is 0 Å². The fourth-order valence-corrected chi connectivity index (χ4v) is 5.01. The molecule has 0 atom stereocenters. The molecule has 0 aliphatic carbocycles. The van der Waals surface area contributed by atoms with E-state index in [0.717, 1.165) is 5.82 Å². The number of fused-ring (bicyclic) bond motifs is 3. The van der Waals surface area contributed by atoms with Crippen molar-refractivity contribution in [3.05, 3.63) is 95.7 Å². The molecule has 0 N–H and O–H groups in total. The summed E-state index contributed by atoms with van der Waals surface area (Å²) in [6.07, 6.45) is 1.96. The molecule has 0 amide bonds. The van der Waals surface area contributed by atoms with Crippen molar-refractivity contribution in [3.63, 3.8) is 0 Å². The van der Waals surface area contributed by atoms with E-state index in [2.05, 4.69) is 112 Å². The van der Waals surface area contributed by atoms with Crippen molar-refractivity contribution in [2.24, 2.45) is 0 Å². The van der Waals surface area contributed by atoms with E-state index in [0.29, 0.717) is 11.8 Å². The molecular weight excluding hydrogens is 388 g/mol. The first-order chi connectivity index (χ1) is 15.5. The molecule has 0 bridgehead atoms. The predicted molar refractivity (Wildman–Crippen MR) is 137 cm³/mol. The maximum atomic E-state index is 4.86. The number of aryl methyl sites for hydroxylation is 1. The quantitative estimate of drug-likeness (QED) is 0.286. The lowest BCUT2D eigenvalue weighted by Gasteiger charge is -2.20. The van der Waals surface area contributed by atoms with Gasteiger partial charge >= 0.3 is 0 Å². The van der Waals surface area contributed by atoms with Crippen LogP contribution in [0.3, 0.4) is 0 Å². The zero-order valence-corrected chi connectivity index (χ0v) is 19.6. The van der Waals surface area contributed by atoms with E-state index >= 15 is 0 Å². The molecule has 0 fully saturated rings. The topological polar surface area (TPSA) is 17.8 Å². The number of hydrogen-bond donors (Lipinski definition) is 0. The molecule has 32 heavy (non-hydrogen) atoms. The molecule has 2 heteroatoms. The van der Waals surface area contributed by atoms with Crippen molar-refractivity contribution in [1.29, 1.82) is 0 Å². The van der Waals surface area contributed by atoms with Gasteiger partial charge in [0.15, 0.2) is 0 Å². The van der Waals surface area contributed by atoms with E-state index in [1.54, 1.807) is 0 Å². The molecule has 0 unspecified atom stereocenters. The molecule has 0 saturated heterocycles. The Morgan fingerprint density at radius 1 is 0.719 bits per heavy atom. The van der Waals surface area contributed by atoms with Crippen LogP contribution < -0.4 is 0 Å². The molecule has 3 aromatic carbocycles. The van der Waals surface area contributed by atoms with Gasteiger partial charge < -0.3 is 0 Å². The van der Waals surface area contributed by atoms with Crippen LogP contribution in [0.25, 0.3) is 38.8 Å². The summed E-state index contributed by atoms with van der Waals surface area (Å²) in [6, 6.07) is 26.4. The van der Waals surface area contributed by atoms with Gasteiger partial charge in [-0.2, -0.15) is 0 Å². The largest absolute Gasteiger partial charge is 0.294 e. The number of aromatic nitrogens is 2. The molecule has 160 valence electrons. The van der Waals surface area contributed by atoms with Gasteiger partial charge in [0.2, 0.25) is 0 Å². The lowest BCUT2D eigenvalue weighted by molar-refractivity contribution is 0.838. The Balaban J connectivity index is 1.82. The molecule has 2 nitrogen and oxygen atoms in total. The highest BCUT2D eigenvalue weighted by Crippen LogP contribution is 2.38. The van der Waals surface area contributed by atoms with Gasteiger partial charge in [-0.05, 0) is 64.8 Å². The average Bonchev–Trinajstić information content (AvgIpc) is 3.14. The van der Waals surface area contributed by atoms with Crippen LogP contribution in [0.2, 0.25) is 0 Å². The minimum absolute atomic E-state index is 0.454. The maximum Gasteiger partial charge on any atom is 0.138 e. The lowest BCUT2D eigenvalue weighted by Crippen LogP contribution is -2.02. The summed E-state index contributed by atoms with van der Waals surface area (Å²) in [4.78, 5) is 4.86. The number of pyridine rings is 1. The van der Waals surface area contributed by atoms with Gasteiger partial charge in [-0.3, -0.25) is 4.57 Å². The van der Waals surface area contributed by atoms with Crippen LogP contribution in [0.4, 0.5) is 0 Å². The highest BCUT2D eigenvalue weighted by Gasteiger charge is 2.18. The Morgan fingerprint density at radius 3 is 2.09 bits per heavy atom. The van der Waals surface area contributed by atoms with Crippen molar-refractivity contribution >= 4 is 21.8 Å². The fraction of sp³-hybridized carbons (Fsp3) is 0.233. The van der Waals surface area contributed by atoms with Gasteiger partial charge in [-0.25, -0.2) is 4.98 Å². The molecule has 0 saturated carbocycles. The third-order valence-electron chi connectivity index (χ3n) is 6.53. The maximum absolute atomic E-state index is 4.86. The van der Waals surface area contributed by atoms with Gasteiger partial charge in [0.05, 0.1) is 11.0 Å². The molecule has 0 spiro atoms. The van der Waals surface area contributed by atoms with Gasteiger partial charge in [0.25, 0.3) is 0 Å². The molecular formula is C30H30N2. The second-order valence-electron chi connectivity index (χ2n) is 9.35. The third kappa shape index (κ3) is 3.22. The van der Waals surface area contributed by atoms with Gasteiger partial charge in [-0.15, -0.1) is 0 Å². The summed E-state index contributed by atoms with van der Waals surface area (Å²) in [5.74, 6) is 1.88. The molecule has 2 heterocycles. The van der Waals surface area contributed by atoms with E-state index in [4.69, 9.17) is 4.98 Å². The van der Waals surface area contributed by atoms with Crippen LogP contribution >= 0.6 is 0 Å². The van der Waals surface area contributed by atoms with Crippen LogP contribution in [0.5, 0.6) is 0 Å². The fourth-order valence-electron chi connectivity index (χ4n) is 5.01. The second-order valence-corrected chi connectivity index (χ2v) is 9.35. The Morgan fingerprint density at radius 2 is 1.38 bits per heavy atom. The zero-order chi connectivity index (χ0) is 22.4. The molecule has 2 aromatic heterocycles. The van der Waals surface area contributed by atoms with Gasteiger partial charge in [0, 0.05) is 17.0 Å². The molecule has 0 aliphatic heterocycles. The Hall–Kier alpha value is -3.39. The monoisotopic (exact) mass is 418 g/mol. The van der Waals surface area contributed by atoms with Gasteiger partial charge in [0.1, 0.15) is 5.82 Å². The van der Waals surface area contributed by atoms with E-state index < -0.39 is 0 Å². The molecule has 0 radical (unpaired) electrons. The van der Waals surface area contributed by atoms with Crippen LogP contribution in [0, 0.1) is 6.92 Å². The van der Waals surface area contributed by atoms with E-state index in [-0.39, 0.29) is 0 Å². The Kier molecular flexibility index (Phi) is 5.09. The van der Waals surface area contributed by atoms with Crippen LogP contribution in [0.15, 0.2) is 79.0 Å². The van der Waals surface area contributed by atoms with Crippen molar-refractivity contribution in [3.8, 4) is 16.9 Å². The van der Waals surface area contributed by atoms with Crippen LogP contribution in [-0.4, -0.2) is 9.55 Å². The van der Waals surface area contributed by atoms with E-state index in [9.17, 15) is 0 Å². The number of rotatable bonds is 4. The predicted octanol–water partition coefficient (Wildman–Crippen LogP) is 8.40. The Labute approximate surface area is 190 Å². The molecule has 5 aromatic rings. The Bertz CT molecular complexity index is 1410. The summed E-state index contributed by atoms with van der Waals surface area (Å²) in [5.41, 5.74) is 9.08. The van der Waals surface area contributed by atoms with Crippen molar-refractivity contribution in [2.45, 2.75) is 46.5 Å². The standard InChI is InChI=1S/C30H30N2/c1-19(2)23-12-9-13-24(20(3)4)29(23)22-16-17-31-28(18-22)32-27-15-7-6-11-25(27)26-14-8-10-21(5)30(26)32/h6-20H,1-5H3.